The van der Waals surface area contributed by atoms with Crippen LogP contribution in [0.2, 0.25) is 0 Å². The zero-order valence-corrected chi connectivity index (χ0v) is 13.5. The Morgan fingerprint density at radius 2 is 1.71 bits per heavy atom. The third-order valence-electron chi connectivity index (χ3n) is 4.56. The van der Waals surface area contributed by atoms with Crippen LogP contribution >= 0.6 is 0 Å². The van der Waals surface area contributed by atoms with Crippen molar-refractivity contribution < 1.29 is 29.1 Å². The first-order chi connectivity index (χ1) is 9.43. The van der Waals surface area contributed by atoms with E-state index >= 15 is 0 Å². The molecule has 6 nitrogen and oxygen atoms in total. The zero-order valence-electron chi connectivity index (χ0n) is 13.5. The Hall–Kier alpha value is -1.43. The van der Waals surface area contributed by atoms with Crippen LogP contribution in [0.5, 0.6) is 0 Å². The average Bonchev–Trinajstić information content (AvgIpc) is 2.68. The van der Waals surface area contributed by atoms with Crippen molar-refractivity contribution in [2.75, 3.05) is 6.54 Å². The summed E-state index contributed by atoms with van der Waals surface area (Å²) >= 11 is 0. The Kier molecular flexibility index (Phi) is 4.53. The maximum absolute atomic E-state index is 12.7. The van der Waals surface area contributed by atoms with Gasteiger partial charge in [-0.15, -0.1) is 0 Å². The number of hydrogen-bond donors (Lipinski definition) is 2. The summed E-state index contributed by atoms with van der Waals surface area (Å²) in [4.78, 5) is 36.8. The summed E-state index contributed by atoms with van der Waals surface area (Å²) in [6.07, 6.45) is -0.660. The van der Waals surface area contributed by atoms with E-state index in [0.29, 0.717) is 6.42 Å². The van der Waals surface area contributed by atoms with Gasteiger partial charge in [0.1, 0.15) is 5.54 Å². The van der Waals surface area contributed by atoms with E-state index in [1.807, 2.05) is 13.8 Å². The molecule has 6 heteroatoms. The summed E-state index contributed by atoms with van der Waals surface area (Å²) < 4.78 is -0.721. The molecule has 1 aliphatic heterocycles. The van der Waals surface area contributed by atoms with Crippen LogP contribution in [0.15, 0.2) is 0 Å². The van der Waals surface area contributed by atoms with Crippen molar-refractivity contribution >= 4 is 17.8 Å². The number of ketones is 1. The molecule has 21 heavy (non-hydrogen) atoms. The Balaban J connectivity index is 3.58. The number of amides is 1. The third-order valence-corrected chi connectivity index (χ3v) is 4.56. The summed E-state index contributed by atoms with van der Waals surface area (Å²) in [5.74, 6) is -1.80. The number of carbonyl (C=O) groups excluding carboxylic acids is 1. The molecule has 0 aromatic rings. The number of quaternary nitrogens is 1. The smallest absolute Gasteiger partial charge is 0.476 e. The van der Waals surface area contributed by atoms with Crippen LogP contribution in [0, 0.1) is 5.92 Å². The molecule has 1 aliphatic rings. The molecule has 0 bridgehead atoms. The largest absolute Gasteiger partial charge is 0.515 e. The van der Waals surface area contributed by atoms with Gasteiger partial charge in [0, 0.05) is 19.3 Å². The second-order valence-electron chi connectivity index (χ2n) is 7.28. The monoisotopic (exact) mass is 300 g/mol. The number of carboxylic acid groups (broad SMARTS) is 2. The van der Waals surface area contributed by atoms with Gasteiger partial charge in [-0.05, 0) is 26.7 Å². The average molecular weight is 300 g/mol. The number of hydrogen-bond acceptors (Lipinski definition) is 3. The molecule has 0 aromatic carbocycles. The molecule has 1 rings (SSSR count). The van der Waals surface area contributed by atoms with E-state index in [1.165, 1.54) is 0 Å². The fraction of sp³-hybridized carbons (Fsp3) is 0.800. The molecular formula is C15H26NO5+. The molecular weight excluding hydrogens is 274 g/mol. The van der Waals surface area contributed by atoms with Gasteiger partial charge in [0.2, 0.25) is 5.78 Å². The molecule has 0 aromatic heterocycles. The highest BCUT2D eigenvalue weighted by atomic mass is 16.4. The Morgan fingerprint density at radius 3 is 2.05 bits per heavy atom. The predicted octanol–water partition coefficient (Wildman–Crippen LogP) is 2.51. The van der Waals surface area contributed by atoms with E-state index in [1.54, 1.807) is 20.8 Å². The van der Waals surface area contributed by atoms with E-state index in [9.17, 15) is 24.6 Å². The van der Waals surface area contributed by atoms with Gasteiger partial charge in [-0.2, -0.15) is 9.28 Å². The molecule has 0 saturated carbocycles. The molecule has 2 atom stereocenters. The van der Waals surface area contributed by atoms with Gasteiger partial charge in [0.15, 0.2) is 0 Å². The fourth-order valence-electron chi connectivity index (χ4n) is 3.69. The molecule has 1 unspecified atom stereocenters. The second kappa shape index (κ2) is 5.40. The lowest BCUT2D eigenvalue weighted by Crippen LogP contribution is -2.77. The number of rotatable bonds is 4. The molecule has 1 saturated heterocycles. The van der Waals surface area contributed by atoms with E-state index in [2.05, 4.69) is 0 Å². The maximum atomic E-state index is 12.7. The van der Waals surface area contributed by atoms with Crippen LogP contribution < -0.4 is 0 Å². The van der Waals surface area contributed by atoms with E-state index in [0.717, 1.165) is 0 Å². The number of aliphatic carboxylic acids is 1. The van der Waals surface area contributed by atoms with Crippen molar-refractivity contribution in [3.63, 3.8) is 0 Å². The van der Waals surface area contributed by atoms with E-state index in [-0.39, 0.29) is 25.3 Å². The van der Waals surface area contributed by atoms with E-state index in [4.69, 9.17) is 0 Å². The molecule has 0 radical (unpaired) electrons. The minimum absolute atomic E-state index is 0.00927. The lowest BCUT2D eigenvalue weighted by molar-refractivity contribution is -0.921. The summed E-state index contributed by atoms with van der Waals surface area (Å²) in [5.41, 5.74) is -2.76. The predicted molar refractivity (Wildman–Crippen MR) is 77.0 cm³/mol. The first-order valence-corrected chi connectivity index (χ1v) is 7.32. The first-order valence-electron chi connectivity index (χ1n) is 7.32. The molecule has 2 N–H and O–H groups in total. The van der Waals surface area contributed by atoms with Gasteiger partial charge >= 0.3 is 12.1 Å². The molecule has 0 spiro atoms. The van der Waals surface area contributed by atoms with Crippen LogP contribution in [0.25, 0.3) is 0 Å². The summed E-state index contributed by atoms with van der Waals surface area (Å²) in [6.45, 7) is 8.88. The van der Waals surface area contributed by atoms with Gasteiger partial charge in [0.05, 0.1) is 6.54 Å². The summed E-state index contributed by atoms with van der Waals surface area (Å²) in [6, 6.07) is 0. The number of carboxylic acids is 1. The van der Waals surface area contributed by atoms with Gasteiger partial charge < -0.3 is 10.2 Å². The third kappa shape index (κ3) is 2.35. The highest BCUT2D eigenvalue weighted by molar-refractivity contribution is 6.07. The molecule has 0 aliphatic carbocycles. The molecule has 120 valence electrons. The van der Waals surface area contributed by atoms with Crippen LogP contribution in [0.3, 0.4) is 0 Å². The first kappa shape index (κ1) is 17.6. The van der Waals surface area contributed by atoms with Gasteiger partial charge in [-0.25, -0.2) is 4.79 Å². The Bertz CT molecular complexity index is 465. The minimum atomic E-state index is -1.88. The second-order valence-corrected chi connectivity index (χ2v) is 7.28. The topological polar surface area (TPSA) is 91.7 Å². The molecule has 1 heterocycles. The fourth-order valence-corrected chi connectivity index (χ4v) is 3.69. The van der Waals surface area contributed by atoms with Gasteiger partial charge in [0.25, 0.3) is 5.54 Å². The maximum Gasteiger partial charge on any atom is 0.515 e. The number of Topliss-reactive ketones (excluding diaryl/α,β-unsaturated/α-hetero) is 1. The van der Waals surface area contributed by atoms with Crippen molar-refractivity contribution in [1.82, 2.24) is 0 Å². The van der Waals surface area contributed by atoms with Crippen LogP contribution in [0.4, 0.5) is 4.79 Å². The lowest BCUT2D eigenvalue weighted by Gasteiger charge is -2.48. The summed E-state index contributed by atoms with van der Waals surface area (Å²) in [5, 5.41) is 19.6. The Labute approximate surface area is 125 Å². The molecule has 1 fully saturated rings. The van der Waals surface area contributed by atoms with Crippen molar-refractivity contribution in [1.29, 1.82) is 0 Å². The highest BCUT2D eigenvalue weighted by Crippen LogP contribution is 2.46. The van der Waals surface area contributed by atoms with Crippen molar-refractivity contribution in [3.05, 3.63) is 0 Å². The zero-order chi connectivity index (χ0) is 16.6. The van der Waals surface area contributed by atoms with Crippen molar-refractivity contribution in [2.24, 2.45) is 5.92 Å². The standard InChI is InChI=1S/C15H25NO5/c1-10(2)9-11(17)15(12(18)19)7-6-8-16(15,13(20)21)14(3,4)5/h10H,6-9H2,1-5H3,(H-,18,19,20,21)/p+1/t15-,16?/m1/s1. The molecule has 1 amide bonds. The number of nitrogens with zero attached hydrogens (tertiary/aromatic N) is 1. The Morgan fingerprint density at radius 1 is 1.19 bits per heavy atom. The van der Waals surface area contributed by atoms with Crippen molar-refractivity contribution in [2.45, 2.75) is 65.0 Å². The van der Waals surface area contributed by atoms with Crippen LogP contribution in [-0.2, 0) is 9.59 Å². The lowest BCUT2D eigenvalue weighted by atomic mass is 9.81. The number of carbonyl (C=O) groups is 3. The number of likely N-dealkylation sites (tertiary alicyclic amines) is 1. The van der Waals surface area contributed by atoms with Crippen molar-refractivity contribution in [3.8, 4) is 0 Å². The quantitative estimate of drug-likeness (QED) is 0.615. The highest BCUT2D eigenvalue weighted by Gasteiger charge is 2.73. The SMILES string of the molecule is CC(C)CC(=O)[C@@]1(C(=O)O)CCC[N+]1(C(=O)O)C(C)(C)C. The van der Waals surface area contributed by atoms with Crippen LogP contribution in [-0.4, -0.2) is 50.2 Å². The van der Waals surface area contributed by atoms with Crippen LogP contribution in [0.1, 0.15) is 53.9 Å². The van der Waals surface area contributed by atoms with E-state index < -0.39 is 33.4 Å². The van der Waals surface area contributed by atoms with Gasteiger partial charge in [-0.1, -0.05) is 13.8 Å². The normalized spacial score (nSPS) is 29.6. The minimum Gasteiger partial charge on any atom is -0.476 e. The summed E-state index contributed by atoms with van der Waals surface area (Å²) in [7, 11) is 0. The van der Waals surface area contributed by atoms with Gasteiger partial charge in [-0.3, -0.25) is 4.79 Å².